The zero-order chi connectivity index (χ0) is 13.3. The van der Waals surface area contributed by atoms with E-state index in [-0.39, 0.29) is 12.1 Å². The van der Waals surface area contributed by atoms with Gasteiger partial charge in [-0.15, -0.1) is 0 Å². The number of rotatable bonds is 2. The van der Waals surface area contributed by atoms with Gasteiger partial charge in [-0.25, -0.2) is 4.79 Å². The summed E-state index contributed by atoms with van der Waals surface area (Å²) in [6.07, 6.45) is 4.69. The van der Waals surface area contributed by atoms with E-state index in [0.29, 0.717) is 11.8 Å². The van der Waals surface area contributed by atoms with Gasteiger partial charge in [0.15, 0.2) is 0 Å². The van der Waals surface area contributed by atoms with E-state index in [1.165, 1.54) is 19.3 Å². The third-order valence-electron chi connectivity index (χ3n) is 4.11. The second-order valence-corrected chi connectivity index (χ2v) is 6.74. The summed E-state index contributed by atoms with van der Waals surface area (Å²) in [5.41, 5.74) is 5.88. The molecule has 1 saturated heterocycles. The number of carbonyl (C=O) groups excluding carboxylic acids is 1. The lowest BCUT2D eigenvalue weighted by Crippen LogP contribution is -2.43. The maximum absolute atomic E-state index is 11.9. The molecule has 1 heterocycles. The fourth-order valence-electron chi connectivity index (χ4n) is 2.80. The van der Waals surface area contributed by atoms with Gasteiger partial charge in [-0.05, 0) is 51.9 Å². The van der Waals surface area contributed by atoms with Crippen LogP contribution in [0.2, 0.25) is 0 Å². The molecule has 2 fully saturated rings. The molecule has 2 atom stereocenters. The van der Waals surface area contributed by atoms with E-state index in [1.54, 1.807) is 0 Å². The maximum atomic E-state index is 11.9. The van der Waals surface area contributed by atoms with Gasteiger partial charge >= 0.3 is 6.09 Å². The van der Waals surface area contributed by atoms with Gasteiger partial charge in [-0.1, -0.05) is 6.42 Å². The quantitative estimate of drug-likeness (QED) is 0.823. The van der Waals surface area contributed by atoms with Crippen LogP contribution in [0.15, 0.2) is 0 Å². The topological polar surface area (TPSA) is 55.6 Å². The minimum Gasteiger partial charge on any atom is -0.444 e. The van der Waals surface area contributed by atoms with Crippen LogP contribution in [0.4, 0.5) is 4.79 Å². The molecule has 2 rings (SSSR count). The van der Waals surface area contributed by atoms with Crippen LogP contribution in [0.1, 0.15) is 46.5 Å². The molecule has 0 spiro atoms. The lowest BCUT2D eigenvalue weighted by Gasteiger charge is -2.34. The Morgan fingerprint density at radius 2 is 1.94 bits per heavy atom. The Hall–Kier alpha value is -0.770. The van der Waals surface area contributed by atoms with E-state index < -0.39 is 5.60 Å². The van der Waals surface area contributed by atoms with Crippen LogP contribution in [0.25, 0.3) is 0 Å². The number of carbonyl (C=O) groups is 1. The normalized spacial score (nSPS) is 26.9. The van der Waals surface area contributed by atoms with E-state index in [0.717, 1.165) is 19.5 Å². The van der Waals surface area contributed by atoms with Crippen LogP contribution in [0.3, 0.4) is 0 Å². The lowest BCUT2D eigenvalue weighted by atomic mass is 9.75. The van der Waals surface area contributed by atoms with Crippen molar-refractivity contribution in [2.75, 3.05) is 13.1 Å². The van der Waals surface area contributed by atoms with Gasteiger partial charge < -0.3 is 15.4 Å². The minimum atomic E-state index is -0.411. The van der Waals surface area contributed by atoms with Crippen LogP contribution in [-0.4, -0.2) is 35.7 Å². The van der Waals surface area contributed by atoms with E-state index in [2.05, 4.69) is 0 Å². The van der Waals surface area contributed by atoms with E-state index in [1.807, 2.05) is 25.7 Å². The van der Waals surface area contributed by atoms with E-state index >= 15 is 0 Å². The Kier molecular flexibility index (Phi) is 3.85. The summed E-state index contributed by atoms with van der Waals surface area (Å²) in [7, 11) is 0. The molecule has 2 unspecified atom stereocenters. The molecule has 2 N–H and O–H groups in total. The molecule has 0 radical (unpaired) electrons. The second-order valence-electron chi connectivity index (χ2n) is 6.74. The largest absolute Gasteiger partial charge is 0.444 e. The number of amides is 1. The Balaban J connectivity index is 1.82. The van der Waals surface area contributed by atoms with Crippen LogP contribution < -0.4 is 5.73 Å². The Bertz CT molecular complexity index is 307. The van der Waals surface area contributed by atoms with Gasteiger partial charge in [-0.2, -0.15) is 0 Å². The summed E-state index contributed by atoms with van der Waals surface area (Å²) in [6.45, 7) is 7.27. The highest BCUT2D eigenvalue weighted by Crippen LogP contribution is 2.34. The van der Waals surface area contributed by atoms with Gasteiger partial charge in [-0.3, -0.25) is 0 Å². The molecule has 0 aromatic heterocycles. The third kappa shape index (κ3) is 3.16. The van der Waals surface area contributed by atoms with E-state index in [9.17, 15) is 4.79 Å². The Labute approximate surface area is 110 Å². The highest BCUT2D eigenvalue weighted by Gasteiger charge is 2.37. The average molecular weight is 254 g/mol. The standard InChI is InChI=1S/C14H26N2O2/c1-14(2,3)18-13(17)16-8-7-11(9-16)12(15)10-5-4-6-10/h10-12H,4-9,15H2,1-3H3. The molecule has 2 aliphatic rings. The van der Waals surface area contributed by atoms with Crippen LogP contribution in [0.5, 0.6) is 0 Å². The summed E-state index contributed by atoms with van der Waals surface area (Å²) in [5.74, 6) is 1.15. The second kappa shape index (κ2) is 5.08. The molecule has 0 aromatic rings. The summed E-state index contributed by atoms with van der Waals surface area (Å²) in [4.78, 5) is 13.8. The van der Waals surface area contributed by atoms with Crippen LogP contribution >= 0.6 is 0 Å². The highest BCUT2D eigenvalue weighted by atomic mass is 16.6. The zero-order valence-electron chi connectivity index (χ0n) is 11.8. The molecule has 1 amide bonds. The monoisotopic (exact) mass is 254 g/mol. The van der Waals surface area contributed by atoms with Crippen molar-refractivity contribution in [3.63, 3.8) is 0 Å². The Morgan fingerprint density at radius 1 is 1.28 bits per heavy atom. The molecule has 0 bridgehead atoms. The minimum absolute atomic E-state index is 0.189. The van der Waals surface area contributed by atoms with Gasteiger partial charge in [0, 0.05) is 19.1 Å². The molecule has 1 saturated carbocycles. The molecular weight excluding hydrogens is 228 g/mol. The molecular formula is C14H26N2O2. The Morgan fingerprint density at radius 3 is 2.44 bits per heavy atom. The number of likely N-dealkylation sites (tertiary alicyclic amines) is 1. The van der Waals surface area contributed by atoms with Gasteiger partial charge in [0.2, 0.25) is 0 Å². The van der Waals surface area contributed by atoms with Crippen molar-refractivity contribution in [1.82, 2.24) is 4.90 Å². The smallest absolute Gasteiger partial charge is 0.410 e. The van der Waals surface area contributed by atoms with Crippen molar-refractivity contribution in [3.05, 3.63) is 0 Å². The first kappa shape index (κ1) is 13.7. The molecule has 0 aromatic carbocycles. The number of hydrogen-bond acceptors (Lipinski definition) is 3. The number of hydrogen-bond donors (Lipinski definition) is 1. The summed E-state index contributed by atoms with van der Waals surface area (Å²) >= 11 is 0. The fraction of sp³-hybridized carbons (Fsp3) is 0.929. The maximum Gasteiger partial charge on any atom is 0.410 e. The van der Waals surface area contributed by atoms with Crippen LogP contribution in [-0.2, 0) is 4.74 Å². The third-order valence-corrected chi connectivity index (χ3v) is 4.11. The molecule has 1 aliphatic carbocycles. The first-order valence-electron chi connectivity index (χ1n) is 7.10. The lowest BCUT2D eigenvalue weighted by molar-refractivity contribution is 0.0283. The molecule has 1 aliphatic heterocycles. The van der Waals surface area contributed by atoms with Crippen molar-refractivity contribution < 1.29 is 9.53 Å². The summed E-state index contributed by atoms with van der Waals surface area (Å²) < 4.78 is 5.40. The number of nitrogens with zero attached hydrogens (tertiary/aromatic N) is 1. The van der Waals surface area contributed by atoms with Crippen molar-refractivity contribution >= 4 is 6.09 Å². The summed E-state index contributed by atoms with van der Waals surface area (Å²) in [6, 6.07) is 0.270. The molecule has 4 heteroatoms. The highest BCUT2D eigenvalue weighted by molar-refractivity contribution is 5.68. The first-order valence-corrected chi connectivity index (χ1v) is 7.10. The molecule has 104 valence electrons. The van der Waals surface area contributed by atoms with Crippen molar-refractivity contribution in [2.45, 2.75) is 58.1 Å². The van der Waals surface area contributed by atoms with Gasteiger partial charge in [0.1, 0.15) is 5.60 Å². The van der Waals surface area contributed by atoms with E-state index in [4.69, 9.17) is 10.5 Å². The summed E-state index contributed by atoms with van der Waals surface area (Å²) in [5, 5.41) is 0. The van der Waals surface area contributed by atoms with Gasteiger partial charge in [0.05, 0.1) is 0 Å². The first-order chi connectivity index (χ1) is 8.37. The SMILES string of the molecule is CC(C)(C)OC(=O)N1CCC(C(N)C2CCC2)C1. The zero-order valence-corrected chi connectivity index (χ0v) is 11.8. The predicted molar refractivity (Wildman–Crippen MR) is 71.2 cm³/mol. The van der Waals surface area contributed by atoms with Crippen molar-refractivity contribution in [3.8, 4) is 0 Å². The number of nitrogens with two attached hydrogens (primary N) is 1. The van der Waals surface area contributed by atoms with Crippen molar-refractivity contribution in [2.24, 2.45) is 17.6 Å². The predicted octanol–water partition coefficient (Wildman–Crippen LogP) is 2.37. The molecule has 18 heavy (non-hydrogen) atoms. The van der Waals surface area contributed by atoms with Gasteiger partial charge in [0.25, 0.3) is 0 Å². The number of ether oxygens (including phenoxy) is 1. The van der Waals surface area contributed by atoms with Crippen molar-refractivity contribution in [1.29, 1.82) is 0 Å². The average Bonchev–Trinajstić information content (AvgIpc) is 2.60. The van der Waals surface area contributed by atoms with Crippen LogP contribution in [0, 0.1) is 11.8 Å². The molecule has 4 nitrogen and oxygen atoms in total. The fourth-order valence-corrected chi connectivity index (χ4v) is 2.80.